The molecule has 2 rings (SSSR count). The fourth-order valence-corrected chi connectivity index (χ4v) is 2.39. The molecule has 2 N–H and O–H groups in total. The molecular weight excluding hydrogens is 250 g/mol. The fourth-order valence-electron chi connectivity index (χ4n) is 2.39. The smallest absolute Gasteiger partial charge is 0.119 e. The van der Waals surface area contributed by atoms with E-state index in [4.69, 9.17) is 10.5 Å². The van der Waals surface area contributed by atoms with Gasteiger partial charge < -0.3 is 10.5 Å². The summed E-state index contributed by atoms with van der Waals surface area (Å²) in [6, 6.07) is 8.20. The zero-order valence-electron chi connectivity index (χ0n) is 12.2. The Morgan fingerprint density at radius 1 is 1.30 bits per heavy atom. The zero-order valence-corrected chi connectivity index (χ0v) is 12.2. The van der Waals surface area contributed by atoms with Gasteiger partial charge in [0.25, 0.3) is 0 Å². The SMILES string of the molecule is CCn1cc(CC(CN)Cc2cccc(OC)c2)cn1. The molecule has 0 radical (unpaired) electrons. The summed E-state index contributed by atoms with van der Waals surface area (Å²) >= 11 is 0. The van der Waals surface area contributed by atoms with E-state index in [9.17, 15) is 0 Å². The lowest BCUT2D eigenvalue weighted by atomic mass is 9.94. The molecule has 0 aliphatic rings. The zero-order chi connectivity index (χ0) is 14.4. The van der Waals surface area contributed by atoms with Gasteiger partial charge in [-0.1, -0.05) is 12.1 Å². The first-order valence-electron chi connectivity index (χ1n) is 7.09. The molecule has 1 aromatic carbocycles. The Balaban J connectivity index is 2.00. The number of methoxy groups -OCH3 is 1. The van der Waals surface area contributed by atoms with E-state index in [-0.39, 0.29) is 0 Å². The molecule has 0 bridgehead atoms. The number of rotatable bonds is 7. The molecule has 0 aliphatic carbocycles. The molecular formula is C16H23N3O. The molecule has 1 atom stereocenters. The number of hydrogen-bond acceptors (Lipinski definition) is 3. The third-order valence-electron chi connectivity index (χ3n) is 3.53. The number of ether oxygens (including phenoxy) is 1. The topological polar surface area (TPSA) is 53.1 Å². The van der Waals surface area contributed by atoms with Crippen LogP contribution in [0.5, 0.6) is 5.75 Å². The maximum absolute atomic E-state index is 5.92. The molecule has 1 aromatic heterocycles. The molecule has 1 unspecified atom stereocenters. The van der Waals surface area contributed by atoms with Crippen molar-refractivity contribution in [2.75, 3.05) is 13.7 Å². The summed E-state index contributed by atoms with van der Waals surface area (Å²) in [7, 11) is 1.69. The second kappa shape index (κ2) is 7.10. The number of nitrogens with zero attached hydrogens (tertiary/aromatic N) is 2. The van der Waals surface area contributed by atoms with Crippen LogP contribution in [0.25, 0.3) is 0 Å². The van der Waals surface area contributed by atoms with Gasteiger partial charge in [0.15, 0.2) is 0 Å². The summed E-state index contributed by atoms with van der Waals surface area (Å²) in [6.07, 6.45) is 5.98. The molecule has 0 spiro atoms. The van der Waals surface area contributed by atoms with Gasteiger partial charge in [0, 0.05) is 12.7 Å². The molecule has 0 amide bonds. The molecule has 0 aliphatic heterocycles. The van der Waals surface area contributed by atoms with Gasteiger partial charge in [-0.3, -0.25) is 4.68 Å². The van der Waals surface area contributed by atoms with E-state index in [1.807, 2.05) is 23.0 Å². The standard InChI is InChI=1S/C16H23N3O/c1-3-19-12-15(11-18-19)8-14(10-17)7-13-5-4-6-16(9-13)20-2/h4-6,9,11-12,14H,3,7-8,10,17H2,1-2H3. The summed E-state index contributed by atoms with van der Waals surface area (Å²) in [4.78, 5) is 0. The predicted octanol–water partition coefficient (Wildman–Crippen LogP) is 2.27. The summed E-state index contributed by atoms with van der Waals surface area (Å²) in [5, 5.41) is 4.31. The molecule has 0 saturated heterocycles. The summed E-state index contributed by atoms with van der Waals surface area (Å²) in [5.74, 6) is 1.33. The Morgan fingerprint density at radius 2 is 2.10 bits per heavy atom. The maximum Gasteiger partial charge on any atom is 0.119 e. The molecule has 108 valence electrons. The van der Waals surface area contributed by atoms with E-state index in [0.29, 0.717) is 12.5 Å². The molecule has 1 heterocycles. The van der Waals surface area contributed by atoms with Crippen molar-refractivity contribution < 1.29 is 4.74 Å². The van der Waals surface area contributed by atoms with E-state index < -0.39 is 0 Å². The molecule has 4 nitrogen and oxygen atoms in total. The molecule has 0 fully saturated rings. The van der Waals surface area contributed by atoms with Crippen LogP contribution in [0, 0.1) is 5.92 Å². The largest absolute Gasteiger partial charge is 0.497 e. The minimum atomic E-state index is 0.427. The van der Waals surface area contributed by atoms with E-state index >= 15 is 0 Å². The van der Waals surface area contributed by atoms with Crippen LogP contribution in [-0.4, -0.2) is 23.4 Å². The van der Waals surface area contributed by atoms with Crippen molar-refractivity contribution in [3.63, 3.8) is 0 Å². The Morgan fingerprint density at radius 3 is 2.75 bits per heavy atom. The van der Waals surface area contributed by atoms with Crippen molar-refractivity contribution in [3.05, 3.63) is 47.8 Å². The van der Waals surface area contributed by atoms with Crippen LogP contribution >= 0.6 is 0 Å². The van der Waals surface area contributed by atoms with Gasteiger partial charge in [-0.15, -0.1) is 0 Å². The van der Waals surface area contributed by atoms with Gasteiger partial charge in [0.2, 0.25) is 0 Å². The van der Waals surface area contributed by atoms with Crippen molar-refractivity contribution >= 4 is 0 Å². The van der Waals surface area contributed by atoms with E-state index in [1.54, 1.807) is 7.11 Å². The lowest BCUT2D eigenvalue weighted by molar-refractivity contribution is 0.413. The first-order chi connectivity index (χ1) is 9.75. The van der Waals surface area contributed by atoms with Gasteiger partial charge >= 0.3 is 0 Å². The highest BCUT2D eigenvalue weighted by molar-refractivity contribution is 5.28. The number of aryl methyl sites for hydroxylation is 1. The summed E-state index contributed by atoms with van der Waals surface area (Å²) in [6.45, 7) is 3.67. The average Bonchev–Trinajstić information content (AvgIpc) is 2.94. The van der Waals surface area contributed by atoms with Crippen molar-refractivity contribution in [1.82, 2.24) is 9.78 Å². The molecule has 2 aromatic rings. The van der Waals surface area contributed by atoms with Crippen LogP contribution in [0.15, 0.2) is 36.7 Å². The molecule has 20 heavy (non-hydrogen) atoms. The second-order valence-electron chi connectivity index (χ2n) is 5.07. The maximum atomic E-state index is 5.92. The number of hydrogen-bond donors (Lipinski definition) is 1. The van der Waals surface area contributed by atoms with Gasteiger partial charge in [0.1, 0.15) is 5.75 Å². The first kappa shape index (κ1) is 14.6. The average molecular weight is 273 g/mol. The van der Waals surface area contributed by atoms with Crippen LogP contribution in [0.2, 0.25) is 0 Å². The summed E-state index contributed by atoms with van der Waals surface area (Å²) < 4.78 is 7.21. The van der Waals surface area contributed by atoms with Crippen LogP contribution in [0.4, 0.5) is 0 Å². The highest BCUT2D eigenvalue weighted by atomic mass is 16.5. The Bertz CT molecular complexity index is 536. The van der Waals surface area contributed by atoms with Crippen LogP contribution < -0.4 is 10.5 Å². The second-order valence-corrected chi connectivity index (χ2v) is 5.07. The Kier molecular flexibility index (Phi) is 5.18. The highest BCUT2D eigenvalue weighted by Crippen LogP contribution is 2.18. The van der Waals surface area contributed by atoms with Crippen molar-refractivity contribution in [2.45, 2.75) is 26.3 Å². The predicted molar refractivity (Wildman–Crippen MR) is 80.8 cm³/mol. The quantitative estimate of drug-likeness (QED) is 0.842. The van der Waals surface area contributed by atoms with Gasteiger partial charge in [-0.2, -0.15) is 5.10 Å². The van der Waals surface area contributed by atoms with Crippen LogP contribution in [-0.2, 0) is 19.4 Å². The van der Waals surface area contributed by atoms with Crippen LogP contribution in [0.3, 0.4) is 0 Å². The number of nitrogens with two attached hydrogens (primary N) is 1. The minimum Gasteiger partial charge on any atom is -0.497 e. The van der Waals surface area contributed by atoms with Gasteiger partial charge in [0.05, 0.1) is 13.3 Å². The van der Waals surface area contributed by atoms with Crippen molar-refractivity contribution in [1.29, 1.82) is 0 Å². The van der Waals surface area contributed by atoms with Crippen molar-refractivity contribution in [2.24, 2.45) is 11.7 Å². The van der Waals surface area contributed by atoms with E-state index in [2.05, 4.69) is 30.4 Å². The van der Waals surface area contributed by atoms with Gasteiger partial charge in [-0.25, -0.2) is 0 Å². The highest BCUT2D eigenvalue weighted by Gasteiger charge is 2.11. The number of aromatic nitrogens is 2. The van der Waals surface area contributed by atoms with Gasteiger partial charge in [-0.05, 0) is 55.5 Å². The first-order valence-corrected chi connectivity index (χ1v) is 7.09. The third-order valence-corrected chi connectivity index (χ3v) is 3.53. The third kappa shape index (κ3) is 3.84. The van der Waals surface area contributed by atoms with Crippen LogP contribution in [0.1, 0.15) is 18.1 Å². The summed E-state index contributed by atoms with van der Waals surface area (Å²) in [5.41, 5.74) is 8.44. The van der Waals surface area contributed by atoms with Crippen molar-refractivity contribution in [3.8, 4) is 5.75 Å². The number of benzene rings is 1. The monoisotopic (exact) mass is 273 g/mol. The molecule has 0 saturated carbocycles. The Labute approximate surface area is 120 Å². The van der Waals surface area contributed by atoms with E-state index in [1.165, 1.54) is 11.1 Å². The minimum absolute atomic E-state index is 0.427. The lowest BCUT2D eigenvalue weighted by Gasteiger charge is -2.14. The fraction of sp³-hybridized carbons (Fsp3) is 0.438. The molecule has 4 heteroatoms. The lowest BCUT2D eigenvalue weighted by Crippen LogP contribution is -2.19. The normalized spacial score (nSPS) is 12.3. The van der Waals surface area contributed by atoms with E-state index in [0.717, 1.165) is 25.1 Å². The Hall–Kier alpha value is -1.81.